The van der Waals surface area contributed by atoms with E-state index in [0.29, 0.717) is 18.1 Å². The number of hydrogen-bond donors (Lipinski definition) is 1. The van der Waals surface area contributed by atoms with Crippen molar-refractivity contribution in [2.75, 3.05) is 20.7 Å². The van der Waals surface area contributed by atoms with Crippen LogP contribution in [0.15, 0.2) is 24.3 Å². The quantitative estimate of drug-likeness (QED) is 0.881. The van der Waals surface area contributed by atoms with Gasteiger partial charge in [-0.05, 0) is 45.4 Å². The van der Waals surface area contributed by atoms with E-state index in [4.69, 9.17) is 4.74 Å². The Bertz CT molecular complexity index is 397. The molecule has 1 N–H and O–H groups in total. The Morgan fingerprint density at radius 3 is 2.79 bits per heavy atom. The minimum atomic E-state index is 0.472. The highest BCUT2D eigenvalue weighted by Gasteiger charge is 2.26. The third kappa shape index (κ3) is 3.71. The molecule has 1 aromatic carbocycles. The Balaban J connectivity index is 1.89. The van der Waals surface area contributed by atoms with E-state index < -0.39 is 0 Å². The van der Waals surface area contributed by atoms with Gasteiger partial charge in [0.2, 0.25) is 0 Å². The molecule has 106 valence electrons. The van der Waals surface area contributed by atoms with Crippen LogP contribution in [0.3, 0.4) is 0 Å². The van der Waals surface area contributed by atoms with Crippen molar-refractivity contribution in [1.82, 2.24) is 10.2 Å². The Hall–Kier alpha value is -1.06. The molecule has 1 aromatic rings. The SMILES string of the molecule is COc1ccccc1CC(C)NC1CC(C)N(C)C1. The highest BCUT2D eigenvalue weighted by atomic mass is 16.5. The van der Waals surface area contributed by atoms with Gasteiger partial charge in [0.05, 0.1) is 7.11 Å². The number of rotatable bonds is 5. The van der Waals surface area contributed by atoms with E-state index in [2.05, 4.69) is 43.2 Å². The van der Waals surface area contributed by atoms with Crippen molar-refractivity contribution in [3.63, 3.8) is 0 Å². The Kier molecular flexibility index (Phi) is 4.83. The number of para-hydroxylation sites is 1. The molecule has 1 fully saturated rings. The van der Waals surface area contributed by atoms with Crippen LogP contribution in [-0.4, -0.2) is 43.7 Å². The van der Waals surface area contributed by atoms with Gasteiger partial charge in [0.25, 0.3) is 0 Å². The molecule has 0 saturated carbocycles. The summed E-state index contributed by atoms with van der Waals surface area (Å²) in [6.45, 7) is 5.71. The van der Waals surface area contributed by atoms with Crippen LogP contribution in [0.4, 0.5) is 0 Å². The van der Waals surface area contributed by atoms with Crippen molar-refractivity contribution in [3.05, 3.63) is 29.8 Å². The van der Waals surface area contributed by atoms with Gasteiger partial charge in [-0.15, -0.1) is 0 Å². The van der Waals surface area contributed by atoms with Gasteiger partial charge in [0.1, 0.15) is 5.75 Å². The van der Waals surface area contributed by atoms with Crippen LogP contribution in [-0.2, 0) is 6.42 Å². The summed E-state index contributed by atoms with van der Waals surface area (Å²) in [5, 5.41) is 3.74. The second-order valence-electron chi connectivity index (χ2n) is 5.80. The molecular formula is C16H26N2O. The average Bonchev–Trinajstić information content (AvgIpc) is 2.68. The van der Waals surface area contributed by atoms with Crippen molar-refractivity contribution in [1.29, 1.82) is 0 Å². The van der Waals surface area contributed by atoms with Gasteiger partial charge in [-0.25, -0.2) is 0 Å². The average molecular weight is 262 g/mol. The van der Waals surface area contributed by atoms with E-state index >= 15 is 0 Å². The molecule has 3 nitrogen and oxygen atoms in total. The van der Waals surface area contributed by atoms with Crippen molar-refractivity contribution < 1.29 is 4.74 Å². The number of hydrogen-bond acceptors (Lipinski definition) is 3. The molecule has 0 bridgehead atoms. The van der Waals surface area contributed by atoms with Gasteiger partial charge >= 0.3 is 0 Å². The van der Waals surface area contributed by atoms with E-state index in [0.717, 1.165) is 18.7 Å². The predicted molar refractivity (Wildman–Crippen MR) is 79.8 cm³/mol. The molecule has 1 heterocycles. The Morgan fingerprint density at radius 2 is 2.16 bits per heavy atom. The van der Waals surface area contributed by atoms with Crippen LogP contribution in [0, 0.1) is 0 Å². The molecule has 3 atom stereocenters. The Labute approximate surface area is 116 Å². The van der Waals surface area contributed by atoms with Gasteiger partial charge in [-0.2, -0.15) is 0 Å². The summed E-state index contributed by atoms with van der Waals surface area (Å²) in [5.41, 5.74) is 1.28. The van der Waals surface area contributed by atoms with Crippen LogP contribution < -0.4 is 10.1 Å². The molecule has 1 saturated heterocycles. The first kappa shape index (κ1) is 14.4. The number of methoxy groups -OCH3 is 1. The second kappa shape index (κ2) is 6.40. The number of likely N-dealkylation sites (tertiary alicyclic amines) is 1. The van der Waals surface area contributed by atoms with Crippen LogP contribution in [0.25, 0.3) is 0 Å². The molecule has 1 aliphatic heterocycles. The smallest absolute Gasteiger partial charge is 0.122 e. The van der Waals surface area contributed by atoms with Crippen LogP contribution >= 0.6 is 0 Å². The highest BCUT2D eigenvalue weighted by Crippen LogP contribution is 2.20. The molecule has 0 spiro atoms. The van der Waals surface area contributed by atoms with E-state index in [-0.39, 0.29) is 0 Å². The maximum Gasteiger partial charge on any atom is 0.122 e. The van der Waals surface area contributed by atoms with Crippen LogP contribution in [0.5, 0.6) is 5.75 Å². The molecule has 3 unspecified atom stereocenters. The van der Waals surface area contributed by atoms with Crippen LogP contribution in [0.1, 0.15) is 25.8 Å². The summed E-state index contributed by atoms with van der Waals surface area (Å²) in [6, 6.07) is 10.1. The highest BCUT2D eigenvalue weighted by molar-refractivity contribution is 5.33. The zero-order chi connectivity index (χ0) is 13.8. The van der Waals surface area contributed by atoms with E-state index in [1.165, 1.54) is 12.0 Å². The van der Waals surface area contributed by atoms with E-state index in [9.17, 15) is 0 Å². The molecule has 19 heavy (non-hydrogen) atoms. The zero-order valence-corrected chi connectivity index (χ0v) is 12.5. The molecule has 0 aliphatic carbocycles. The van der Waals surface area contributed by atoms with E-state index in [1.54, 1.807) is 7.11 Å². The summed E-state index contributed by atoms with van der Waals surface area (Å²) < 4.78 is 5.41. The summed E-state index contributed by atoms with van der Waals surface area (Å²) in [5.74, 6) is 0.994. The molecule has 3 heteroatoms. The fraction of sp³-hybridized carbons (Fsp3) is 0.625. The summed E-state index contributed by atoms with van der Waals surface area (Å²) in [7, 11) is 3.95. The summed E-state index contributed by atoms with van der Waals surface area (Å²) in [4.78, 5) is 2.42. The fourth-order valence-electron chi connectivity index (χ4n) is 2.98. The lowest BCUT2D eigenvalue weighted by Gasteiger charge is -2.20. The number of nitrogens with one attached hydrogen (secondary N) is 1. The topological polar surface area (TPSA) is 24.5 Å². The normalized spacial score (nSPS) is 25.5. The largest absolute Gasteiger partial charge is 0.496 e. The lowest BCUT2D eigenvalue weighted by atomic mass is 10.0. The molecule has 0 amide bonds. The van der Waals surface area contributed by atoms with E-state index in [1.807, 2.05) is 12.1 Å². The van der Waals surface area contributed by atoms with Gasteiger partial charge in [0, 0.05) is 24.7 Å². The van der Waals surface area contributed by atoms with Gasteiger partial charge in [-0.1, -0.05) is 18.2 Å². The fourth-order valence-corrected chi connectivity index (χ4v) is 2.98. The minimum absolute atomic E-state index is 0.472. The molecule has 2 rings (SSSR count). The van der Waals surface area contributed by atoms with Gasteiger partial charge in [0.15, 0.2) is 0 Å². The molecule has 0 aromatic heterocycles. The maximum atomic E-state index is 5.41. The zero-order valence-electron chi connectivity index (χ0n) is 12.5. The monoisotopic (exact) mass is 262 g/mol. The maximum absolute atomic E-state index is 5.41. The standard InChI is InChI=1S/C16H26N2O/c1-12(17-15-10-13(2)18(3)11-15)9-14-7-5-6-8-16(14)19-4/h5-8,12-13,15,17H,9-11H2,1-4H3. The minimum Gasteiger partial charge on any atom is -0.496 e. The first-order valence-electron chi connectivity index (χ1n) is 7.18. The van der Waals surface area contributed by atoms with Crippen molar-refractivity contribution in [3.8, 4) is 5.75 Å². The van der Waals surface area contributed by atoms with Gasteiger partial charge in [-0.3, -0.25) is 0 Å². The Morgan fingerprint density at radius 1 is 1.42 bits per heavy atom. The molecular weight excluding hydrogens is 236 g/mol. The summed E-state index contributed by atoms with van der Waals surface area (Å²) >= 11 is 0. The molecule has 0 radical (unpaired) electrons. The second-order valence-corrected chi connectivity index (χ2v) is 5.80. The number of ether oxygens (including phenoxy) is 1. The number of likely N-dealkylation sites (N-methyl/N-ethyl adjacent to an activating group) is 1. The molecule has 1 aliphatic rings. The number of benzene rings is 1. The van der Waals surface area contributed by atoms with Crippen molar-refractivity contribution in [2.24, 2.45) is 0 Å². The predicted octanol–water partition coefficient (Wildman–Crippen LogP) is 2.31. The lowest BCUT2D eigenvalue weighted by Crippen LogP contribution is -2.39. The van der Waals surface area contributed by atoms with Crippen molar-refractivity contribution in [2.45, 2.75) is 44.8 Å². The third-order valence-corrected chi connectivity index (χ3v) is 4.13. The van der Waals surface area contributed by atoms with Crippen LogP contribution in [0.2, 0.25) is 0 Å². The summed E-state index contributed by atoms with van der Waals surface area (Å²) in [6.07, 6.45) is 2.26. The first-order chi connectivity index (χ1) is 9.10. The number of nitrogens with zero attached hydrogens (tertiary/aromatic N) is 1. The lowest BCUT2D eigenvalue weighted by molar-refractivity contribution is 0.324. The van der Waals surface area contributed by atoms with Crippen molar-refractivity contribution >= 4 is 0 Å². The first-order valence-corrected chi connectivity index (χ1v) is 7.18. The van der Waals surface area contributed by atoms with Gasteiger partial charge < -0.3 is 15.0 Å². The third-order valence-electron chi connectivity index (χ3n) is 4.13.